The van der Waals surface area contributed by atoms with Gasteiger partial charge in [-0.05, 0) is 47.9 Å². The van der Waals surface area contributed by atoms with Crippen molar-refractivity contribution in [3.8, 4) is 16.8 Å². The predicted molar refractivity (Wildman–Crippen MR) is 142 cm³/mol. The van der Waals surface area contributed by atoms with Gasteiger partial charge in [-0.2, -0.15) is 13.2 Å². The summed E-state index contributed by atoms with van der Waals surface area (Å²) in [5.74, 6) is 6.60. The molecule has 0 fully saturated rings. The molecule has 0 radical (unpaired) electrons. The lowest BCUT2D eigenvalue weighted by atomic mass is 10.0. The van der Waals surface area contributed by atoms with Crippen LogP contribution in [-0.4, -0.2) is 24.2 Å². The molecular weight excluding hydrogens is 534 g/mol. The van der Waals surface area contributed by atoms with Crippen molar-refractivity contribution in [1.82, 2.24) is 9.55 Å². The van der Waals surface area contributed by atoms with E-state index in [1.165, 1.54) is 34.8 Å². The molecule has 4 rings (SSSR count). The smallest absolute Gasteiger partial charge is 0.403 e. The first-order valence-corrected chi connectivity index (χ1v) is 13.4. The Morgan fingerprint density at radius 3 is 2.28 bits per heavy atom. The SMILES string of the molecule is Cc1nc(C(F)(F)F)cn1-c1ccc(-c2cccc(S(C)(=O)=O)c2)cc1N(N)/C(=C\N)c1ccc(CF)cc1. The summed E-state index contributed by atoms with van der Waals surface area (Å²) in [6.07, 6.45) is -1.47. The zero-order valence-corrected chi connectivity index (χ0v) is 21.8. The lowest BCUT2D eigenvalue weighted by Crippen LogP contribution is -2.31. The van der Waals surface area contributed by atoms with Gasteiger partial charge in [-0.15, -0.1) is 0 Å². The van der Waals surface area contributed by atoms with E-state index in [0.29, 0.717) is 22.3 Å². The Bertz CT molecular complexity index is 1650. The summed E-state index contributed by atoms with van der Waals surface area (Å²) >= 11 is 0. The zero-order chi connectivity index (χ0) is 28.5. The second-order valence-electron chi connectivity index (χ2n) is 8.80. The number of benzene rings is 3. The molecule has 0 saturated carbocycles. The molecule has 0 aliphatic carbocycles. The van der Waals surface area contributed by atoms with Crippen molar-refractivity contribution in [2.24, 2.45) is 11.6 Å². The molecule has 0 spiro atoms. The fourth-order valence-corrected chi connectivity index (χ4v) is 4.74. The Hall–Kier alpha value is -4.16. The maximum atomic E-state index is 13.4. The molecule has 4 N–H and O–H groups in total. The summed E-state index contributed by atoms with van der Waals surface area (Å²) in [4.78, 5) is 3.76. The van der Waals surface area contributed by atoms with E-state index in [-0.39, 0.29) is 27.8 Å². The van der Waals surface area contributed by atoms with E-state index >= 15 is 0 Å². The molecule has 12 heteroatoms. The maximum absolute atomic E-state index is 13.4. The first kappa shape index (κ1) is 27.9. The quantitative estimate of drug-likeness (QED) is 0.179. The lowest BCUT2D eigenvalue weighted by Gasteiger charge is -2.26. The third-order valence-corrected chi connectivity index (χ3v) is 7.19. The number of hydrogen-bond donors (Lipinski definition) is 2. The molecule has 3 aromatic carbocycles. The molecule has 204 valence electrons. The van der Waals surface area contributed by atoms with E-state index in [2.05, 4.69) is 4.98 Å². The van der Waals surface area contributed by atoms with E-state index in [4.69, 9.17) is 11.6 Å². The summed E-state index contributed by atoms with van der Waals surface area (Å²) in [5, 5.41) is 1.20. The van der Waals surface area contributed by atoms with Gasteiger partial charge in [0.05, 0.1) is 22.0 Å². The Morgan fingerprint density at radius 1 is 1.05 bits per heavy atom. The number of aromatic nitrogens is 2. The van der Waals surface area contributed by atoms with Crippen LogP contribution in [0.2, 0.25) is 0 Å². The number of halogens is 4. The van der Waals surface area contributed by atoms with Gasteiger partial charge in [0.25, 0.3) is 0 Å². The van der Waals surface area contributed by atoms with E-state index < -0.39 is 28.4 Å². The van der Waals surface area contributed by atoms with Crippen molar-refractivity contribution in [2.45, 2.75) is 24.7 Å². The summed E-state index contributed by atoms with van der Waals surface area (Å²) in [5.41, 5.74) is 7.72. The van der Waals surface area contributed by atoms with Crippen LogP contribution < -0.4 is 16.6 Å². The molecule has 0 saturated heterocycles. The van der Waals surface area contributed by atoms with Crippen LogP contribution in [0.1, 0.15) is 22.6 Å². The van der Waals surface area contributed by atoms with Crippen molar-refractivity contribution >= 4 is 21.2 Å². The minimum absolute atomic E-state index is 0.0642. The Morgan fingerprint density at radius 2 is 1.72 bits per heavy atom. The fourth-order valence-electron chi connectivity index (χ4n) is 4.07. The molecule has 0 atom stereocenters. The van der Waals surface area contributed by atoms with Crippen molar-refractivity contribution in [3.63, 3.8) is 0 Å². The summed E-state index contributed by atoms with van der Waals surface area (Å²) in [6, 6.07) is 17.4. The Labute approximate surface area is 222 Å². The molecule has 0 aliphatic rings. The second-order valence-corrected chi connectivity index (χ2v) is 10.8. The monoisotopic (exact) mass is 559 g/mol. The number of nitrogens with zero attached hydrogens (tertiary/aromatic N) is 3. The van der Waals surface area contributed by atoms with E-state index in [1.807, 2.05) is 0 Å². The Balaban J connectivity index is 1.91. The first-order valence-electron chi connectivity index (χ1n) is 11.5. The molecule has 1 heterocycles. The van der Waals surface area contributed by atoms with Gasteiger partial charge in [-0.1, -0.05) is 42.5 Å². The Kier molecular flexibility index (Phi) is 7.53. The van der Waals surface area contributed by atoms with Gasteiger partial charge in [0, 0.05) is 24.2 Å². The molecule has 1 aromatic heterocycles. The highest BCUT2D eigenvalue weighted by molar-refractivity contribution is 7.90. The number of imidazole rings is 1. The van der Waals surface area contributed by atoms with Gasteiger partial charge in [-0.25, -0.2) is 23.6 Å². The summed E-state index contributed by atoms with van der Waals surface area (Å²) in [6.45, 7) is 0.771. The van der Waals surface area contributed by atoms with Crippen LogP contribution in [0.4, 0.5) is 23.2 Å². The average Bonchev–Trinajstić information content (AvgIpc) is 3.30. The number of hydrogen-bond acceptors (Lipinski definition) is 6. The van der Waals surface area contributed by atoms with Crippen LogP contribution >= 0.6 is 0 Å². The highest BCUT2D eigenvalue weighted by Crippen LogP contribution is 2.36. The van der Waals surface area contributed by atoms with E-state index in [1.54, 1.807) is 54.6 Å². The summed E-state index contributed by atoms with van der Waals surface area (Å²) < 4.78 is 78.8. The molecule has 7 nitrogen and oxygen atoms in total. The van der Waals surface area contributed by atoms with Crippen LogP contribution in [-0.2, 0) is 22.7 Å². The number of rotatable bonds is 7. The lowest BCUT2D eigenvalue weighted by molar-refractivity contribution is -0.141. The van der Waals surface area contributed by atoms with Crippen molar-refractivity contribution in [3.05, 3.63) is 102 Å². The maximum Gasteiger partial charge on any atom is 0.434 e. The fraction of sp³-hybridized carbons (Fsp3) is 0.148. The summed E-state index contributed by atoms with van der Waals surface area (Å²) in [7, 11) is -3.49. The minimum atomic E-state index is -4.66. The molecule has 0 aliphatic heterocycles. The van der Waals surface area contributed by atoms with Gasteiger partial charge < -0.3 is 10.3 Å². The van der Waals surface area contributed by atoms with Crippen molar-refractivity contribution in [1.29, 1.82) is 0 Å². The van der Waals surface area contributed by atoms with E-state index in [9.17, 15) is 26.0 Å². The van der Waals surface area contributed by atoms with Crippen LogP contribution in [0.3, 0.4) is 0 Å². The van der Waals surface area contributed by atoms with Crippen molar-refractivity contribution < 1.29 is 26.0 Å². The molecule has 0 amide bonds. The first-order chi connectivity index (χ1) is 18.3. The highest BCUT2D eigenvalue weighted by atomic mass is 32.2. The van der Waals surface area contributed by atoms with Gasteiger partial charge in [0.15, 0.2) is 15.5 Å². The second kappa shape index (κ2) is 10.5. The number of hydrazine groups is 1. The molecular formula is C27H25F4N5O2S. The number of anilines is 1. The average molecular weight is 560 g/mol. The standard InChI is InChI=1S/C27H25F4N5O2S/c1-17-34-26(27(29,30)31)16-35(17)23-11-10-21(20-4-3-5-22(12-20)39(2,37)38)13-24(23)36(33)25(15-32)19-8-6-18(14-28)7-9-19/h3-13,15-16H,14,32-33H2,1-2H3/b25-15-. The number of sulfone groups is 1. The van der Waals surface area contributed by atoms with Crippen LogP contribution in [0.15, 0.2) is 84.0 Å². The molecule has 0 unspecified atom stereocenters. The number of alkyl halides is 4. The number of nitrogens with two attached hydrogens (primary N) is 2. The van der Waals surface area contributed by atoms with Gasteiger partial charge >= 0.3 is 6.18 Å². The van der Waals surface area contributed by atoms with Gasteiger partial charge in [-0.3, -0.25) is 5.01 Å². The zero-order valence-electron chi connectivity index (χ0n) is 20.9. The highest BCUT2D eigenvalue weighted by Gasteiger charge is 2.35. The minimum Gasteiger partial charge on any atom is -0.403 e. The molecule has 0 bridgehead atoms. The normalized spacial score (nSPS) is 12.5. The topological polar surface area (TPSA) is 107 Å². The van der Waals surface area contributed by atoms with E-state index in [0.717, 1.165) is 12.5 Å². The molecule has 39 heavy (non-hydrogen) atoms. The third kappa shape index (κ3) is 5.81. The van der Waals surface area contributed by atoms with Crippen molar-refractivity contribution in [2.75, 3.05) is 11.3 Å². The predicted octanol–water partition coefficient (Wildman–Crippen LogP) is 5.38. The third-order valence-electron chi connectivity index (χ3n) is 6.08. The molecule has 4 aromatic rings. The van der Waals surface area contributed by atoms with Crippen LogP contribution in [0.5, 0.6) is 0 Å². The van der Waals surface area contributed by atoms with Crippen LogP contribution in [0.25, 0.3) is 22.5 Å². The number of aryl methyl sites for hydroxylation is 1. The van der Waals surface area contributed by atoms with Crippen LogP contribution in [0, 0.1) is 6.92 Å². The van der Waals surface area contributed by atoms with Gasteiger partial charge in [0.2, 0.25) is 0 Å². The largest absolute Gasteiger partial charge is 0.434 e. The van der Waals surface area contributed by atoms with Gasteiger partial charge in [0.1, 0.15) is 12.5 Å².